The van der Waals surface area contributed by atoms with Crippen LogP contribution in [0.3, 0.4) is 0 Å². The van der Waals surface area contributed by atoms with Crippen molar-refractivity contribution in [3.63, 3.8) is 0 Å². The molecule has 0 aromatic heterocycles. The van der Waals surface area contributed by atoms with Crippen LogP contribution in [0.25, 0.3) is 11.1 Å². The van der Waals surface area contributed by atoms with Crippen LogP contribution >= 0.6 is 0 Å². The molecule has 1 heterocycles. The summed E-state index contributed by atoms with van der Waals surface area (Å²) in [5.41, 5.74) is 9.19. The maximum atomic E-state index is 12.3. The first-order valence-corrected chi connectivity index (χ1v) is 8.15. The molecule has 0 bridgehead atoms. The zero-order valence-corrected chi connectivity index (χ0v) is 14.1. The van der Waals surface area contributed by atoms with Gasteiger partial charge in [0.1, 0.15) is 11.9 Å². The molecule has 1 unspecified atom stereocenters. The van der Waals surface area contributed by atoms with Crippen LogP contribution in [-0.2, 0) is 6.54 Å². The molecular formula is C18H18F3N3O3. The molecule has 1 aliphatic rings. The van der Waals surface area contributed by atoms with E-state index < -0.39 is 19.1 Å². The second-order valence-corrected chi connectivity index (χ2v) is 5.89. The summed E-state index contributed by atoms with van der Waals surface area (Å²) < 4.78 is 40.9. The highest BCUT2D eigenvalue weighted by Gasteiger charge is 2.31. The van der Waals surface area contributed by atoms with E-state index in [1.54, 1.807) is 12.3 Å². The second kappa shape index (κ2) is 7.55. The number of hydrogen-bond acceptors (Lipinski definition) is 6. The van der Waals surface area contributed by atoms with Gasteiger partial charge in [0, 0.05) is 23.9 Å². The van der Waals surface area contributed by atoms with Gasteiger partial charge in [-0.3, -0.25) is 4.99 Å². The fraction of sp³-hybridized carbons (Fsp3) is 0.278. The highest BCUT2D eigenvalue weighted by molar-refractivity contribution is 5.93. The van der Waals surface area contributed by atoms with Crippen LogP contribution in [0.5, 0.6) is 5.75 Å². The lowest BCUT2D eigenvalue weighted by molar-refractivity contribution is -0.274. The van der Waals surface area contributed by atoms with Gasteiger partial charge in [-0.15, -0.1) is 13.2 Å². The van der Waals surface area contributed by atoms with Crippen molar-refractivity contribution < 1.29 is 28.1 Å². The Labute approximate surface area is 153 Å². The summed E-state index contributed by atoms with van der Waals surface area (Å²) in [6, 6.07) is 7.18. The third-order valence-corrected chi connectivity index (χ3v) is 4.14. The van der Waals surface area contributed by atoms with Gasteiger partial charge in [-0.1, -0.05) is 12.1 Å². The van der Waals surface area contributed by atoms with Gasteiger partial charge >= 0.3 is 6.36 Å². The van der Waals surface area contributed by atoms with E-state index in [1.165, 1.54) is 24.3 Å². The Kier molecular flexibility index (Phi) is 5.36. The monoisotopic (exact) mass is 381 g/mol. The molecule has 1 atom stereocenters. The third-order valence-electron chi connectivity index (χ3n) is 4.14. The number of nitrogens with zero attached hydrogens (tertiary/aromatic N) is 1. The fourth-order valence-electron chi connectivity index (χ4n) is 3.03. The highest BCUT2D eigenvalue weighted by atomic mass is 19.4. The zero-order valence-electron chi connectivity index (χ0n) is 14.1. The first-order valence-electron chi connectivity index (χ1n) is 8.15. The van der Waals surface area contributed by atoms with Gasteiger partial charge in [-0.05, 0) is 29.3 Å². The molecule has 2 aromatic rings. The van der Waals surface area contributed by atoms with Crippen molar-refractivity contribution in [2.75, 3.05) is 18.5 Å². The number of alkyl halides is 3. The molecule has 6 nitrogen and oxygen atoms in total. The quantitative estimate of drug-likeness (QED) is 0.638. The molecule has 0 saturated heterocycles. The van der Waals surface area contributed by atoms with Gasteiger partial charge < -0.3 is 26.0 Å². The predicted octanol–water partition coefficient (Wildman–Crippen LogP) is 2.86. The molecule has 0 radical (unpaired) electrons. The molecule has 0 saturated carbocycles. The number of nitrogens with one attached hydrogen (secondary N) is 1. The maximum absolute atomic E-state index is 12.3. The molecule has 0 spiro atoms. The van der Waals surface area contributed by atoms with E-state index in [0.717, 1.165) is 0 Å². The van der Waals surface area contributed by atoms with E-state index in [1.807, 2.05) is 0 Å². The Morgan fingerprint density at radius 2 is 1.96 bits per heavy atom. The number of fused-ring (bicyclic) bond motifs is 1. The number of aliphatic hydroxyl groups is 2. The predicted molar refractivity (Wildman–Crippen MR) is 95.1 cm³/mol. The number of rotatable bonds is 5. The number of benzene rings is 2. The lowest BCUT2D eigenvalue weighted by Crippen LogP contribution is -2.17. The van der Waals surface area contributed by atoms with Crippen molar-refractivity contribution in [3.8, 4) is 16.9 Å². The molecular weight excluding hydrogens is 363 g/mol. The van der Waals surface area contributed by atoms with Gasteiger partial charge in [-0.2, -0.15) is 0 Å². The minimum atomic E-state index is -4.76. The molecule has 144 valence electrons. The van der Waals surface area contributed by atoms with E-state index in [2.05, 4.69) is 15.0 Å². The Morgan fingerprint density at radius 1 is 1.26 bits per heavy atom. The summed E-state index contributed by atoms with van der Waals surface area (Å²) in [5.74, 6) is -0.322. The molecule has 0 aliphatic carbocycles. The first kappa shape index (κ1) is 19.2. The normalized spacial score (nSPS) is 14.4. The average Bonchev–Trinajstić information content (AvgIpc) is 2.65. The molecule has 3 rings (SSSR count). The summed E-state index contributed by atoms with van der Waals surface area (Å²) in [5, 5.41) is 22.7. The van der Waals surface area contributed by atoms with Gasteiger partial charge in [0.05, 0.1) is 24.5 Å². The standard InChI is InChI=1S/C18H18F3N3O3/c19-18(20,21)27-12-3-1-10(2-4-12)13-7-11(8-22)15(14(26)9-25)17-16(13)23-5-6-24-17/h1-4,6-7,14,23,25-26H,5,8-9,22H2. The minimum Gasteiger partial charge on any atom is -0.406 e. The first-order chi connectivity index (χ1) is 12.8. The Bertz CT molecular complexity index is 852. The Balaban J connectivity index is 2.10. The summed E-state index contributed by atoms with van der Waals surface area (Å²) in [4.78, 5) is 4.34. The second-order valence-electron chi connectivity index (χ2n) is 5.89. The van der Waals surface area contributed by atoms with Crippen LogP contribution < -0.4 is 15.8 Å². The van der Waals surface area contributed by atoms with Crippen LogP contribution in [0.1, 0.15) is 17.2 Å². The van der Waals surface area contributed by atoms with Crippen molar-refractivity contribution in [1.82, 2.24) is 0 Å². The van der Waals surface area contributed by atoms with E-state index in [9.17, 15) is 23.4 Å². The molecule has 9 heteroatoms. The lowest BCUT2D eigenvalue weighted by Gasteiger charge is -2.24. The number of anilines is 1. The third kappa shape index (κ3) is 4.05. The van der Waals surface area contributed by atoms with E-state index in [-0.39, 0.29) is 12.3 Å². The van der Waals surface area contributed by atoms with Crippen LogP contribution in [0.15, 0.2) is 35.3 Å². The fourth-order valence-corrected chi connectivity index (χ4v) is 3.03. The van der Waals surface area contributed by atoms with Crippen LogP contribution in [0, 0.1) is 0 Å². The number of halogens is 3. The van der Waals surface area contributed by atoms with Gasteiger partial charge in [0.15, 0.2) is 0 Å². The van der Waals surface area contributed by atoms with Gasteiger partial charge in [0.2, 0.25) is 0 Å². The summed E-state index contributed by atoms with van der Waals surface area (Å²) in [7, 11) is 0. The lowest BCUT2D eigenvalue weighted by atomic mass is 9.91. The Morgan fingerprint density at radius 3 is 2.56 bits per heavy atom. The number of nitrogens with two attached hydrogens (primary N) is 1. The van der Waals surface area contributed by atoms with Crippen molar-refractivity contribution in [2.45, 2.75) is 19.0 Å². The maximum Gasteiger partial charge on any atom is 0.573 e. The number of hydrogen-bond donors (Lipinski definition) is 4. The number of ether oxygens (including phenoxy) is 1. The van der Waals surface area contributed by atoms with E-state index >= 15 is 0 Å². The molecule has 0 fully saturated rings. The van der Waals surface area contributed by atoms with Crippen LogP contribution in [0.4, 0.5) is 24.5 Å². The molecule has 5 N–H and O–H groups in total. The topological polar surface area (TPSA) is 100 Å². The minimum absolute atomic E-state index is 0.0947. The molecule has 1 aliphatic heterocycles. The zero-order chi connectivity index (χ0) is 19.6. The average molecular weight is 381 g/mol. The Hall–Kier alpha value is -2.62. The summed E-state index contributed by atoms with van der Waals surface area (Å²) in [6.45, 7) is 0.0567. The van der Waals surface area contributed by atoms with Gasteiger partial charge in [0.25, 0.3) is 0 Å². The van der Waals surface area contributed by atoms with Crippen LogP contribution in [0.2, 0.25) is 0 Å². The van der Waals surface area contributed by atoms with Crippen molar-refractivity contribution >= 4 is 17.6 Å². The molecule has 2 aromatic carbocycles. The molecule has 0 amide bonds. The largest absolute Gasteiger partial charge is 0.573 e. The SMILES string of the molecule is NCc1cc(-c2ccc(OC(F)(F)F)cc2)c2c(c1C(O)CO)N=CCN2. The van der Waals surface area contributed by atoms with Crippen LogP contribution in [-0.4, -0.2) is 35.9 Å². The number of aliphatic imine (C=N–C) groups is 1. The smallest absolute Gasteiger partial charge is 0.406 e. The summed E-state index contributed by atoms with van der Waals surface area (Å²) in [6.07, 6.45) is -4.28. The van der Waals surface area contributed by atoms with Crippen molar-refractivity contribution in [3.05, 3.63) is 41.5 Å². The summed E-state index contributed by atoms with van der Waals surface area (Å²) >= 11 is 0. The number of aliphatic hydroxyl groups excluding tert-OH is 2. The van der Waals surface area contributed by atoms with E-state index in [0.29, 0.717) is 40.2 Å². The molecule has 27 heavy (non-hydrogen) atoms. The van der Waals surface area contributed by atoms with Gasteiger partial charge in [-0.25, -0.2) is 0 Å². The highest BCUT2D eigenvalue weighted by Crippen LogP contribution is 2.44. The van der Waals surface area contributed by atoms with Crippen molar-refractivity contribution in [2.24, 2.45) is 10.7 Å². The van der Waals surface area contributed by atoms with E-state index in [4.69, 9.17) is 5.73 Å². The van der Waals surface area contributed by atoms with Crippen molar-refractivity contribution in [1.29, 1.82) is 0 Å².